The largest absolute Gasteiger partial charge is 0.508 e. The van der Waals surface area contributed by atoms with Gasteiger partial charge in [-0.2, -0.15) is 0 Å². The fraction of sp³-hybridized carbons (Fsp3) is 0.483. The van der Waals surface area contributed by atoms with E-state index in [9.17, 15) is 65.1 Å². The van der Waals surface area contributed by atoms with Gasteiger partial charge >= 0.3 is 6.03 Å². The molecule has 0 spiro atoms. The summed E-state index contributed by atoms with van der Waals surface area (Å²) in [5.74, 6) is -13.2. The van der Waals surface area contributed by atoms with E-state index in [-0.39, 0.29) is 99.2 Å². The van der Waals surface area contributed by atoms with Crippen LogP contribution in [0.15, 0.2) is 103 Å². The average molecular weight is 1800 g/mol. The molecule has 22 N–H and O–H groups in total. The van der Waals surface area contributed by atoms with E-state index in [0.29, 0.717) is 30.6 Å². The summed E-state index contributed by atoms with van der Waals surface area (Å²) < 4.78 is 45.1. The number of aromatic hydroxyl groups is 3. The first-order valence-electron chi connectivity index (χ1n) is 42.5. The molecule has 6 fully saturated rings. The number of hydrogen-bond donors (Lipinski definition) is 21. The zero-order valence-electron chi connectivity index (χ0n) is 71.0. The van der Waals surface area contributed by atoms with Crippen LogP contribution < -0.4 is 83.2 Å². The number of rotatable bonds is 20. The number of carbonyl (C=O) groups excluding carboxylic acids is 10. The Morgan fingerprint density at radius 3 is 1.98 bits per heavy atom. The number of aryl methyl sites for hydroxylation is 1. The minimum Gasteiger partial charge on any atom is -0.508 e. The fourth-order valence-electron chi connectivity index (χ4n) is 18.6. The summed E-state index contributed by atoms with van der Waals surface area (Å²) in [6.07, 6.45) is -14.0. The van der Waals surface area contributed by atoms with E-state index in [0.717, 1.165) is 80.6 Å². The quantitative estimate of drug-likeness (QED) is 0.0487. The van der Waals surface area contributed by atoms with Gasteiger partial charge in [-0.25, -0.2) is 4.79 Å². The van der Waals surface area contributed by atoms with E-state index in [1.165, 1.54) is 89.3 Å². The standard InChI is InChI=1S/C89H107ClN12O26/c1-37(2)21-55(92-7)80(114)101-71-73(109)44-10-17-59(38(3)22-44)124-61-30-48-31-62(77(61)128-87-78(76(112)75(111)63(36-103)126-87)127-65-35-89(6,91)79(113)39(4)123-65)125-60-18-11-45(29-54(60)90)74(110)72-86(120)100-70(84(118)97-67-46-24-41-23-42(26-46)27-47(67)25-41)53-32-50(105)33-58(107)66(53)52-28-43(9-16-57(52)106)68(82(116)102-72)99-83(117)69(48)98-81(115)56(95-85(71)119)34-64(108)96-88(121)94-49-12-14-51(15-13-49)122-20-8-19-93-40(5)104/h9-18,22,28-33,37,39,41-42,46-47,55-56,63,65,67-76,78-79,87,92,103,105-107,109-113H,8,19-21,23-27,34-36,91H2,1-7H3,(H,93,104)(H,95,119)(H,97,118)(H,98,115)(H,99,117)(H,100,120)(H,101,114)(H,102,116)(H2,94,96,108,121)/t39-,41?,42?,46?,47?,55+,56-,63+,65-,67?,68+,69+,70-,71+,72-,73+,74+,75+,76-,78+,79+,87-,89-/m0/s1. The first-order valence-corrected chi connectivity index (χ1v) is 42.9. The van der Waals surface area contributed by atoms with Crippen molar-refractivity contribution in [3.8, 4) is 62.9 Å². The van der Waals surface area contributed by atoms with Gasteiger partial charge in [0.2, 0.25) is 65.2 Å². The Hall–Kier alpha value is -11.5. The van der Waals surface area contributed by atoms with Crippen molar-refractivity contribution in [1.82, 2.24) is 53.2 Å². The molecule has 6 aromatic carbocycles. The summed E-state index contributed by atoms with van der Waals surface area (Å²) >= 11 is 7.30. The number of likely N-dealkylation sites (N-methyl/N-ethyl adjacent to an activating group) is 1. The molecule has 4 saturated carbocycles. The Labute approximate surface area is 739 Å². The number of fused-ring (bicyclic) bond motifs is 15. The van der Waals surface area contributed by atoms with Crippen molar-refractivity contribution in [2.24, 2.45) is 35.3 Å². The molecule has 15 bridgehead atoms. The molecule has 39 heteroatoms. The summed E-state index contributed by atoms with van der Waals surface area (Å²) in [7, 11) is 1.48. The molecule has 7 aliphatic heterocycles. The summed E-state index contributed by atoms with van der Waals surface area (Å²) in [6.45, 7) is 9.12. The van der Waals surface area contributed by atoms with Gasteiger partial charge in [-0.15, -0.1) is 0 Å². The van der Waals surface area contributed by atoms with Crippen LogP contribution in [-0.2, 0) is 57.4 Å². The molecule has 0 unspecified atom stereocenters. The lowest BCUT2D eigenvalue weighted by Gasteiger charge is -2.54. The maximum absolute atomic E-state index is 16.7. The molecule has 0 radical (unpaired) electrons. The van der Waals surface area contributed by atoms with E-state index >= 15 is 28.8 Å². The molecular weight excluding hydrogens is 1690 g/mol. The SMILES string of the molecule is CN[C@H](CC(C)C)C(=O)N[C@H]1C(=O)N[C@@H](CC(=O)NC(=O)Nc2ccc(OCCCNC(C)=O)cc2)C(=O)N[C@H]2C(=O)N[C@H]3C(=O)N[C@H](C(=O)N[C@H](C(=O)NC4C5CC6CC(C5)CC4C6)c4cc(O)cc(O)c4-c4cc3ccc4O)[C@H](O)c3ccc(c(Cl)c3)Oc3cc2cc(c3O[C@@H]2O[C@H](CO)[C@@H](O)[C@H](O)[C@H]2O[C@H]2C[C@](C)(N)[C@H](O)[C@H](C)O2)Oc2ccc(cc2C)[C@H]1O. The third kappa shape index (κ3) is 20.4. The maximum atomic E-state index is 16.7. The van der Waals surface area contributed by atoms with Gasteiger partial charge in [0.1, 0.15) is 101 Å². The Morgan fingerprint density at radius 1 is 0.688 bits per heavy atom. The highest BCUT2D eigenvalue weighted by Gasteiger charge is 2.53. The number of ether oxygens (including phenoxy) is 7. The van der Waals surface area contributed by atoms with Crippen LogP contribution >= 0.6 is 11.6 Å². The van der Waals surface area contributed by atoms with Gasteiger partial charge in [-0.3, -0.25) is 48.5 Å². The van der Waals surface area contributed by atoms with Gasteiger partial charge in [0.25, 0.3) is 0 Å². The van der Waals surface area contributed by atoms with Crippen molar-refractivity contribution in [2.45, 2.75) is 215 Å². The number of carbonyl (C=O) groups is 10. The van der Waals surface area contributed by atoms with Gasteiger partial charge in [0, 0.05) is 54.4 Å². The number of urea groups is 1. The first kappa shape index (κ1) is 92.6. The highest BCUT2D eigenvalue weighted by atomic mass is 35.5. The number of nitrogens with two attached hydrogens (primary N) is 1. The molecule has 17 rings (SSSR count). The molecule has 18 atom stereocenters. The third-order valence-corrected chi connectivity index (χ3v) is 25.2. The molecule has 38 nitrogen and oxygen atoms in total. The zero-order chi connectivity index (χ0) is 91.8. The lowest BCUT2D eigenvalue weighted by atomic mass is 9.54. The molecule has 11 aliphatic rings. The van der Waals surface area contributed by atoms with Crippen LogP contribution in [0.3, 0.4) is 0 Å². The van der Waals surface area contributed by atoms with Gasteiger partial charge in [-0.05, 0) is 215 Å². The molecule has 686 valence electrons. The molecular formula is C89H107ClN12O26. The average Bonchev–Trinajstić information content (AvgIpc) is 0.760. The Balaban J connectivity index is 0.941. The number of anilines is 1. The van der Waals surface area contributed by atoms with E-state index in [1.54, 1.807) is 0 Å². The van der Waals surface area contributed by atoms with E-state index < -0.39 is 227 Å². The van der Waals surface area contributed by atoms with Crippen molar-refractivity contribution in [1.29, 1.82) is 0 Å². The lowest BCUT2D eigenvalue weighted by molar-refractivity contribution is -0.333. The Bertz CT molecular complexity index is 5210. The predicted octanol–water partition coefficient (Wildman–Crippen LogP) is 3.39. The fourth-order valence-corrected chi connectivity index (χ4v) is 18.8. The second kappa shape index (κ2) is 38.8. The zero-order valence-corrected chi connectivity index (χ0v) is 71.8. The highest BCUT2D eigenvalue weighted by molar-refractivity contribution is 6.32. The van der Waals surface area contributed by atoms with Crippen LogP contribution in [0.2, 0.25) is 5.02 Å². The number of nitrogens with one attached hydrogen (secondary N) is 11. The van der Waals surface area contributed by atoms with Crippen molar-refractivity contribution < 1.29 is 127 Å². The number of phenols is 3. The molecule has 128 heavy (non-hydrogen) atoms. The van der Waals surface area contributed by atoms with Gasteiger partial charge in [0.05, 0.1) is 42.9 Å². The van der Waals surface area contributed by atoms with Crippen LogP contribution in [0.5, 0.6) is 51.7 Å². The summed E-state index contributed by atoms with van der Waals surface area (Å²) in [6, 6.07) is 5.08. The number of phenolic OH excluding ortho intramolecular Hbond substituents is 3. The van der Waals surface area contributed by atoms with Crippen LogP contribution in [-0.4, -0.2) is 217 Å². The second-order valence-corrected chi connectivity index (χ2v) is 35.3. The topological polar surface area (TPSA) is 576 Å². The number of imide groups is 1. The number of benzene rings is 6. The monoisotopic (exact) mass is 1790 g/mol. The number of aliphatic hydroxyl groups excluding tert-OH is 6. The number of hydrogen-bond acceptors (Lipinski definition) is 28. The normalized spacial score (nSPS) is 29.8. The van der Waals surface area contributed by atoms with Crippen LogP contribution in [0.1, 0.15) is 156 Å². The minimum absolute atomic E-state index is 0.0517. The van der Waals surface area contributed by atoms with Gasteiger partial charge < -0.3 is 138 Å². The second-order valence-electron chi connectivity index (χ2n) is 34.9. The van der Waals surface area contributed by atoms with Gasteiger partial charge in [0.15, 0.2) is 23.9 Å². The summed E-state index contributed by atoms with van der Waals surface area (Å²) in [5, 5.41) is 136. The molecule has 6 aromatic rings. The Kier molecular flexibility index (Phi) is 28.1. The minimum atomic E-state index is -2.41. The molecule has 11 amide bonds. The van der Waals surface area contributed by atoms with Crippen LogP contribution in [0.25, 0.3) is 11.1 Å². The molecule has 4 aliphatic carbocycles. The maximum Gasteiger partial charge on any atom is 0.325 e. The van der Waals surface area contributed by atoms with E-state index in [2.05, 4.69) is 58.5 Å². The van der Waals surface area contributed by atoms with Crippen molar-refractivity contribution in [3.05, 3.63) is 142 Å². The van der Waals surface area contributed by atoms with Crippen LogP contribution in [0, 0.1) is 36.5 Å². The van der Waals surface area contributed by atoms with E-state index in [4.69, 9.17) is 50.5 Å². The summed E-state index contributed by atoms with van der Waals surface area (Å²) in [5.41, 5.74) is 3.32. The first-order chi connectivity index (χ1) is 60.9. The number of aliphatic hydroxyl groups is 6. The predicted molar refractivity (Wildman–Crippen MR) is 454 cm³/mol. The molecule has 0 aromatic heterocycles. The van der Waals surface area contributed by atoms with Crippen molar-refractivity contribution in [2.75, 3.05) is 32.1 Å². The van der Waals surface area contributed by atoms with E-state index in [1.807, 2.05) is 13.8 Å². The molecule has 7 heterocycles. The number of halogens is 1. The third-order valence-electron chi connectivity index (χ3n) is 24.9. The molecule has 2 saturated heterocycles. The Morgan fingerprint density at radius 2 is 1.34 bits per heavy atom. The highest BCUT2D eigenvalue weighted by Crippen LogP contribution is 2.55. The van der Waals surface area contributed by atoms with Crippen LogP contribution in [0.4, 0.5) is 10.5 Å². The van der Waals surface area contributed by atoms with Crippen molar-refractivity contribution in [3.63, 3.8) is 0 Å². The van der Waals surface area contributed by atoms with Crippen molar-refractivity contribution >= 4 is 76.5 Å². The number of amides is 11. The lowest BCUT2D eigenvalue weighted by Crippen LogP contribution is -2.64. The smallest absolute Gasteiger partial charge is 0.325 e. The van der Waals surface area contributed by atoms with Gasteiger partial charge in [-0.1, -0.05) is 43.6 Å². The summed E-state index contributed by atoms with van der Waals surface area (Å²) in [4.78, 5) is 150.